The van der Waals surface area contributed by atoms with E-state index in [1.807, 2.05) is 19.2 Å². The summed E-state index contributed by atoms with van der Waals surface area (Å²) in [6.45, 7) is 12.2. The molecule has 2 aromatic heterocycles. The van der Waals surface area contributed by atoms with E-state index in [-0.39, 0.29) is 0 Å². The fourth-order valence-corrected chi connectivity index (χ4v) is 3.28. The molecule has 0 amide bonds. The van der Waals surface area contributed by atoms with Crippen LogP contribution in [0.2, 0.25) is 0 Å². The van der Waals surface area contributed by atoms with Crippen LogP contribution in [0.25, 0.3) is 11.2 Å². The summed E-state index contributed by atoms with van der Waals surface area (Å²) in [5.74, 6) is 1.19. The number of rotatable bonds is 2. The number of imidazole rings is 1. The Kier molecular flexibility index (Phi) is 2.29. The van der Waals surface area contributed by atoms with Gasteiger partial charge >= 0.3 is 0 Å². The maximum atomic E-state index is 6.07. The zero-order chi connectivity index (χ0) is 14.0. The number of fused-ring (bicyclic) bond motifs is 1. The molecule has 0 radical (unpaired) electrons. The van der Waals surface area contributed by atoms with Gasteiger partial charge in [0.2, 0.25) is 5.95 Å². The second-order valence-electron chi connectivity index (χ2n) is 6.93. The van der Waals surface area contributed by atoms with Gasteiger partial charge in [0.15, 0.2) is 5.65 Å². The van der Waals surface area contributed by atoms with E-state index >= 15 is 0 Å². The summed E-state index contributed by atoms with van der Waals surface area (Å²) >= 11 is 0. The largest absolute Gasteiger partial charge is 0.369 e. The second kappa shape index (κ2) is 3.50. The average molecular weight is 258 g/mol. The van der Waals surface area contributed by atoms with Gasteiger partial charge in [0.05, 0.1) is 0 Å². The molecule has 0 spiro atoms. The first-order valence-electron chi connectivity index (χ1n) is 6.83. The summed E-state index contributed by atoms with van der Waals surface area (Å²) in [6, 6.07) is 2.04. The van der Waals surface area contributed by atoms with Crippen LogP contribution >= 0.6 is 0 Å². The summed E-state index contributed by atoms with van der Waals surface area (Å²) in [7, 11) is 0. The van der Waals surface area contributed by atoms with Gasteiger partial charge in [-0.15, -0.1) is 0 Å². The first-order valence-corrected chi connectivity index (χ1v) is 6.83. The Morgan fingerprint density at radius 1 is 1.26 bits per heavy atom. The van der Waals surface area contributed by atoms with Crippen molar-refractivity contribution >= 4 is 17.1 Å². The molecular formula is C15H22N4. The van der Waals surface area contributed by atoms with E-state index in [4.69, 9.17) is 5.73 Å². The first kappa shape index (κ1) is 12.5. The number of hydrogen-bond donors (Lipinski definition) is 1. The van der Waals surface area contributed by atoms with Crippen molar-refractivity contribution in [3.05, 3.63) is 17.8 Å². The Labute approximate surface area is 114 Å². The molecule has 2 N–H and O–H groups in total. The minimum Gasteiger partial charge on any atom is -0.369 e. The standard InChI is InChI=1S/C15H22N4/c1-9-6-10-12(17-7-9)19(13(16)18-10)8-11-14(2,3)15(11,4)5/h6-7,11H,8H2,1-5H3,(H2,16,18). The lowest BCUT2D eigenvalue weighted by Gasteiger charge is -2.07. The van der Waals surface area contributed by atoms with Crippen LogP contribution in [-0.4, -0.2) is 14.5 Å². The molecule has 1 fully saturated rings. The molecule has 0 unspecified atom stereocenters. The van der Waals surface area contributed by atoms with Crippen LogP contribution in [0, 0.1) is 23.7 Å². The molecule has 19 heavy (non-hydrogen) atoms. The topological polar surface area (TPSA) is 56.7 Å². The van der Waals surface area contributed by atoms with Gasteiger partial charge in [-0.1, -0.05) is 27.7 Å². The van der Waals surface area contributed by atoms with Crippen molar-refractivity contribution in [2.45, 2.75) is 41.2 Å². The van der Waals surface area contributed by atoms with Gasteiger partial charge in [-0.3, -0.25) is 4.57 Å². The third kappa shape index (κ3) is 1.58. The van der Waals surface area contributed by atoms with Gasteiger partial charge in [0.25, 0.3) is 0 Å². The number of hydrogen-bond acceptors (Lipinski definition) is 3. The van der Waals surface area contributed by atoms with E-state index < -0.39 is 0 Å². The molecule has 0 aliphatic heterocycles. The highest BCUT2D eigenvalue weighted by atomic mass is 15.2. The Hall–Kier alpha value is -1.58. The normalized spacial score (nSPS) is 20.9. The fourth-order valence-electron chi connectivity index (χ4n) is 3.28. The van der Waals surface area contributed by atoms with E-state index in [1.165, 1.54) is 0 Å². The summed E-state index contributed by atoms with van der Waals surface area (Å²) in [4.78, 5) is 8.93. The maximum Gasteiger partial charge on any atom is 0.202 e. The lowest BCUT2D eigenvalue weighted by Crippen LogP contribution is -2.08. The highest BCUT2D eigenvalue weighted by molar-refractivity contribution is 5.74. The molecular weight excluding hydrogens is 236 g/mol. The van der Waals surface area contributed by atoms with E-state index in [0.29, 0.717) is 22.7 Å². The monoisotopic (exact) mass is 258 g/mol. The van der Waals surface area contributed by atoms with Gasteiger partial charge in [-0.2, -0.15) is 0 Å². The zero-order valence-corrected chi connectivity index (χ0v) is 12.4. The number of nitrogens with two attached hydrogens (primary N) is 1. The van der Waals surface area contributed by atoms with Crippen molar-refractivity contribution < 1.29 is 0 Å². The zero-order valence-electron chi connectivity index (χ0n) is 12.4. The number of nitrogens with zero attached hydrogens (tertiary/aromatic N) is 3. The van der Waals surface area contributed by atoms with E-state index in [1.54, 1.807) is 0 Å². The summed E-state index contributed by atoms with van der Waals surface area (Å²) in [5.41, 5.74) is 9.68. The number of nitrogen functional groups attached to an aromatic ring is 1. The first-order chi connectivity index (χ1) is 8.75. The SMILES string of the molecule is Cc1cnc2c(c1)nc(N)n2CC1C(C)(C)C1(C)C. The molecule has 0 aromatic carbocycles. The van der Waals surface area contributed by atoms with Gasteiger partial charge in [0.1, 0.15) is 5.52 Å². The lowest BCUT2D eigenvalue weighted by molar-refractivity contribution is 0.457. The molecule has 1 aliphatic carbocycles. The van der Waals surface area contributed by atoms with Crippen LogP contribution in [0.4, 0.5) is 5.95 Å². The number of aromatic nitrogens is 3. The molecule has 1 saturated carbocycles. The van der Waals surface area contributed by atoms with Crippen LogP contribution < -0.4 is 5.73 Å². The lowest BCUT2D eigenvalue weighted by atomic mass is 10.0. The van der Waals surface area contributed by atoms with Crippen molar-refractivity contribution in [2.24, 2.45) is 16.7 Å². The Balaban J connectivity index is 2.01. The molecule has 1 aliphatic rings. The van der Waals surface area contributed by atoms with Crippen molar-refractivity contribution in [2.75, 3.05) is 5.73 Å². The third-order valence-electron chi connectivity index (χ3n) is 5.44. The molecule has 0 saturated heterocycles. The smallest absolute Gasteiger partial charge is 0.202 e. The van der Waals surface area contributed by atoms with E-state index in [2.05, 4.69) is 42.2 Å². The summed E-state index contributed by atoms with van der Waals surface area (Å²) in [6.07, 6.45) is 1.88. The quantitative estimate of drug-likeness (QED) is 0.901. The van der Waals surface area contributed by atoms with Crippen LogP contribution in [0.1, 0.15) is 33.3 Å². The van der Waals surface area contributed by atoms with Crippen LogP contribution in [-0.2, 0) is 6.54 Å². The predicted octanol–water partition coefficient (Wildman–Crippen LogP) is 3.00. The Morgan fingerprint density at radius 2 is 1.89 bits per heavy atom. The Morgan fingerprint density at radius 3 is 2.47 bits per heavy atom. The van der Waals surface area contributed by atoms with E-state index in [0.717, 1.165) is 23.3 Å². The predicted molar refractivity (Wildman–Crippen MR) is 77.7 cm³/mol. The molecule has 102 valence electrons. The number of aryl methyl sites for hydroxylation is 1. The molecule has 0 atom stereocenters. The van der Waals surface area contributed by atoms with Crippen LogP contribution in [0.3, 0.4) is 0 Å². The molecule has 0 bridgehead atoms. The maximum absolute atomic E-state index is 6.07. The minimum absolute atomic E-state index is 0.348. The molecule has 2 aromatic rings. The second-order valence-corrected chi connectivity index (χ2v) is 6.93. The van der Waals surface area contributed by atoms with E-state index in [9.17, 15) is 0 Å². The summed E-state index contributed by atoms with van der Waals surface area (Å²) < 4.78 is 2.07. The third-order valence-corrected chi connectivity index (χ3v) is 5.44. The van der Waals surface area contributed by atoms with Crippen LogP contribution in [0.15, 0.2) is 12.3 Å². The van der Waals surface area contributed by atoms with Crippen molar-refractivity contribution in [1.82, 2.24) is 14.5 Å². The van der Waals surface area contributed by atoms with Gasteiger partial charge in [-0.25, -0.2) is 9.97 Å². The van der Waals surface area contributed by atoms with Crippen molar-refractivity contribution in [1.29, 1.82) is 0 Å². The highest BCUT2D eigenvalue weighted by Gasteiger charge is 2.64. The average Bonchev–Trinajstić information content (AvgIpc) is 2.57. The minimum atomic E-state index is 0.348. The fraction of sp³-hybridized carbons (Fsp3) is 0.600. The molecule has 2 heterocycles. The van der Waals surface area contributed by atoms with Gasteiger partial charge < -0.3 is 5.73 Å². The number of anilines is 1. The van der Waals surface area contributed by atoms with Gasteiger partial charge in [0, 0.05) is 12.7 Å². The highest BCUT2D eigenvalue weighted by Crippen LogP contribution is 2.69. The van der Waals surface area contributed by atoms with Gasteiger partial charge in [-0.05, 0) is 35.3 Å². The number of pyridine rings is 1. The van der Waals surface area contributed by atoms with Crippen molar-refractivity contribution in [3.63, 3.8) is 0 Å². The van der Waals surface area contributed by atoms with Crippen LogP contribution in [0.5, 0.6) is 0 Å². The molecule has 3 rings (SSSR count). The summed E-state index contributed by atoms with van der Waals surface area (Å²) in [5, 5.41) is 0. The Bertz CT molecular complexity index is 637. The molecule has 4 heteroatoms. The molecule has 4 nitrogen and oxygen atoms in total. The van der Waals surface area contributed by atoms with Crippen molar-refractivity contribution in [3.8, 4) is 0 Å².